The van der Waals surface area contributed by atoms with Crippen LogP contribution in [0, 0.1) is 11.7 Å². The summed E-state index contributed by atoms with van der Waals surface area (Å²) in [6, 6.07) is 10.6. The van der Waals surface area contributed by atoms with Crippen molar-refractivity contribution in [3.8, 4) is 0 Å². The molecule has 2 rings (SSSR count). The summed E-state index contributed by atoms with van der Waals surface area (Å²) >= 11 is 0. The highest BCUT2D eigenvalue weighted by molar-refractivity contribution is 5.18. The molecule has 0 aliphatic carbocycles. The average Bonchev–Trinajstić information content (AvgIpc) is 2.84. The van der Waals surface area contributed by atoms with Crippen molar-refractivity contribution in [2.24, 2.45) is 11.7 Å². The fourth-order valence-corrected chi connectivity index (χ4v) is 1.93. The van der Waals surface area contributed by atoms with Crippen molar-refractivity contribution in [2.45, 2.75) is 12.8 Å². The zero-order valence-corrected chi connectivity index (χ0v) is 9.60. The molecule has 2 nitrogen and oxygen atoms in total. The van der Waals surface area contributed by atoms with Gasteiger partial charge >= 0.3 is 0 Å². The Bertz CT molecular complexity index is 453. The molecule has 0 spiro atoms. The van der Waals surface area contributed by atoms with E-state index in [0.717, 1.165) is 17.7 Å². The summed E-state index contributed by atoms with van der Waals surface area (Å²) in [4.78, 5) is 0. The molecule has 1 aromatic heterocycles. The van der Waals surface area contributed by atoms with Gasteiger partial charge < -0.3 is 10.2 Å². The summed E-state index contributed by atoms with van der Waals surface area (Å²) in [5, 5.41) is 0. The van der Waals surface area contributed by atoms with Crippen LogP contribution in [-0.2, 0) is 12.8 Å². The first kappa shape index (κ1) is 11.9. The minimum Gasteiger partial charge on any atom is -0.469 e. The Morgan fingerprint density at radius 3 is 2.59 bits per heavy atom. The number of hydrogen-bond donors (Lipinski definition) is 1. The molecule has 0 radical (unpaired) electrons. The van der Waals surface area contributed by atoms with Crippen LogP contribution in [-0.4, -0.2) is 6.54 Å². The highest BCUT2D eigenvalue weighted by atomic mass is 19.1. The molecular weight excluding hydrogens is 217 g/mol. The Hall–Kier alpha value is -1.61. The molecule has 0 saturated carbocycles. The molecule has 1 atom stereocenters. The zero-order chi connectivity index (χ0) is 12.1. The molecule has 90 valence electrons. The topological polar surface area (TPSA) is 39.2 Å². The van der Waals surface area contributed by atoms with Gasteiger partial charge in [0.05, 0.1) is 6.26 Å². The third-order valence-corrected chi connectivity index (χ3v) is 2.87. The van der Waals surface area contributed by atoms with Crippen LogP contribution in [0.5, 0.6) is 0 Å². The van der Waals surface area contributed by atoms with Crippen LogP contribution in [0.1, 0.15) is 11.3 Å². The number of hydrogen-bond acceptors (Lipinski definition) is 2. The summed E-state index contributed by atoms with van der Waals surface area (Å²) in [7, 11) is 0. The van der Waals surface area contributed by atoms with E-state index < -0.39 is 0 Å². The van der Waals surface area contributed by atoms with Crippen molar-refractivity contribution in [1.29, 1.82) is 0 Å². The van der Waals surface area contributed by atoms with Crippen LogP contribution in [0.2, 0.25) is 0 Å². The third kappa shape index (κ3) is 3.17. The number of halogens is 1. The lowest BCUT2D eigenvalue weighted by Gasteiger charge is -2.13. The number of furan rings is 1. The SMILES string of the molecule is NCC(Cc1ccco1)Cc1ccccc1F. The molecule has 0 saturated heterocycles. The smallest absolute Gasteiger partial charge is 0.126 e. The average molecular weight is 233 g/mol. The van der Waals surface area contributed by atoms with Gasteiger partial charge in [0.25, 0.3) is 0 Å². The Balaban J connectivity index is 2.03. The Morgan fingerprint density at radius 1 is 1.12 bits per heavy atom. The van der Waals surface area contributed by atoms with Crippen LogP contribution < -0.4 is 5.73 Å². The van der Waals surface area contributed by atoms with Gasteiger partial charge in [-0.25, -0.2) is 4.39 Å². The van der Waals surface area contributed by atoms with Gasteiger partial charge in [0.2, 0.25) is 0 Å². The molecular formula is C14H16FNO. The normalized spacial score (nSPS) is 12.6. The molecule has 2 N–H and O–H groups in total. The maximum atomic E-state index is 13.5. The lowest BCUT2D eigenvalue weighted by molar-refractivity contribution is 0.436. The van der Waals surface area contributed by atoms with Crippen LogP contribution in [0.3, 0.4) is 0 Å². The maximum Gasteiger partial charge on any atom is 0.126 e. The second-order valence-corrected chi connectivity index (χ2v) is 4.18. The van der Waals surface area contributed by atoms with Crippen molar-refractivity contribution < 1.29 is 8.81 Å². The summed E-state index contributed by atoms with van der Waals surface area (Å²) in [6.07, 6.45) is 3.04. The Kier molecular flexibility index (Phi) is 3.94. The van der Waals surface area contributed by atoms with Crippen molar-refractivity contribution >= 4 is 0 Å². The van der Waals surface area contributed by atoms with Crippen LogP contribution in [0.15, 0.2) is 47.1 Å². The van der Waals surface area contributed by atoms with E-state index in [0.29, 0.717) is 13.0 Å². The summed E-state index contributed by atoms with van der Waals surface area (Å²) < 4.78 is 18.8. The van der Waals surface area contributed by atoms with Gasteiger partial charge in [-0.1, -0.05) is 18.2 Å². The van der Waals surface area contributed by atoms with E-state index in [2.05, 4.69) is 0 Å². The standard InChI is InChI=1S/C14H16FNO/c15-14-6-2-1-4-12(14)8-11(10-16)9-13-5-3-7-17-13/h1-7,11H,8-10,16H2. The van der Waals surface area contributed by atoms with E-state index in [4.69, 9.17) is 10.2 Å². The second-order valence-electron chi connectivity index (χ2n) is 4.18. The van der Waals surface area contributed by atoms with Crippen LogP contribution >= 0.6 is 0 Å². The Labute approximate surface area is 100 Å². The fourth-order valence-electron chi connectivity index (χ4n) is 1.93. The minimum atomic E-state index is -0.162. The molecule has 0 fully saturated rings. The van der Waals surface area contributed by atoms with Crippen LogP contribution in [0.25, 0.3) is 0 Å². The van der Waals surface area contributed by atoms with Crippen molar-refractivity contribution in [2.75, 3.05) is 6.54 Å². The molecule has 1 aromatic carbocycles. The largest absolute Gasteiger partial charge is 0.469 e. The van der Waals surface area contributed by atoms with Gasteiger partial charge in [-0.05, 0) is 42.6 Å². The van der Waals surface area contributed by atoms with E-state index in [1.807, 2.05) is 18.2 Å². The zero-order valence-electron chi connectivity index (χ0n) is 9.60. The molecule has 2 aromatic rings. The molecule has 3 heteroatoms. The molecule has 0 bridgehead atoms. The highest BCUT2D eigenvalue weighted by Crippen LogP contribution is 2.16. The maximum absolute atomic E-state index is 13.5. The van der Waals surface area contributed by atoms with E-state index in [9.17, 15) is 4.39 Å². The monoisotopic (exact) mass is 233 g/mol. The van der Waals surface area contributed by atoms with E-state index in [1.165, 1.54) is 6.07 Å². The predicted octanol–water partition coefficient (Wildman–Crippen LogP) is 2.78. The number of rotatable bonds is 5. The first-order valence-corrected chi connectivity index (χ1v) is 5.75. The van der Waals surface area contributed by atoms with Gasteiger partial charge in [-0.2, -0.15) is 0 Å². The van der Waals surface area contributed by atoms with Gasteiger partial charge in [0.1, 0.15) is 11.6 Å². The number of nitrogens with two attached hydrogens (primary N) is 1. The molecule has 1 unspecified atom stereocenters. The Morgan fingerprint density at radius 2 is 1.94 bits per heavy atom. The van der Waals surface area contributed by atoms with Crippen molar-refractivity contribution in [1.82, 2.24) is 0 Å². The molecule has 0 aliphatic rings. The quantitative estimate of drug-likeness (QED) is 0.862. The minimum absolute atomic E-state index is 0.162. The lowest BCUT2D eigenvalue weighted by atomic mass is 9.95. The van der Waals surface area contributed by atoms with Gasteiger partial charge in [-0.15, -0.1) is 0 Å². The molecule has 17 heavy (non-hydrogen) atoms. The fraction of sp³-hybridized carbons (Fsp3) is 0.286. The van der Waals surface area contributed by atoms with Crippen molar-refractivity contribution in [3.63, 3.8) is 0 Å². The third-order valence-electron chi connectivity index (χ3n) is 2.87. The lowest BCUT2D eigenvalue weighted by Crippen LogP contribution is -2.19. The van der Waals surface area contributed by atoms with E-state index in [1.54, 1.807) is 18.4 Å². The predicted molar refractivity (Wildman–Crippen MR) is 65.1 cm³/mol. The van der Waals surface area contributed by atoms with Gasteiger partial charge in [0.15, 0.2) is 0 Å². The van der Waals surface area contributed by atoms with Crippen LogP contribution in [0.4, 0.5) is 4.39 Å². The molecule has 0 aliphatic heterocycles. The first-order chi connectivity index (χ1) is 8.29. The van der Waals surface area contributed by atoms with E-state index >= 15 is 0 Å². The summed E-state index contributed by atoms with van der Waals surface area (Å²) in [5.74, 6) is 0.945. The highest BCUT2D eigenvalue weighted by Gasteiger charge is 2.12. The van der Waals surface area contributed by atoms with Crippen molar-refractivity contribution in [3.05, 3.63) is 59.8 Å². The molecule has 0 amide bonds. The molecule has 1 heterocycles. The second kappa shape index (κ2) is 5.64. The number of benzene rings is 1. The van der Waals surface area contributed by atoms with Gasteiger partial charge in [-0.3, -0.25) is 0 Å². The van der Waals surface area contributed by atoms with Gasteiger partial charge in [0, 0.05) is 6.42 Å². The summed E-state index contributed by atoms with van der Waals surface area (Å²) in [6.45, 7) is 0.523. The van der Waals surface area contributed by atoms with E-state index in [-0.39, 0.29) is 11.7 Å². The first-order valence-electron chi connectivity index (χ1n) is 5.75. The summed E-state index contributed by atoms with van der Waals surface area (Å²) in [5.41, 5.74) is 6.44.